The molecule has 0 bridgehead atoms. The first-order valence-electron chi connectivity index (χ1n) is 11.7. The van der Waals surface area contributed by atoms with Gasteiger partial charge in [0.15, 0.2) is 0 Å². The van der Waals surface area contributed by atoms with Crippen molar-refractivity contribution in [1.29, 1.82) is 0 Å². The first-order chi connectivity index (χ1) is 12.3. The minimum atomic E-state index is -0.122. The van der Waals surface area contributed by atoms with Crippen molar-refractivity contribution < 1.29 is 10.2 Å². The van der Waals surface area contributed by atoms with Gasteiger partial charge in [0.25, 0.3) is 0 Å². The van der Waals surface area contributed by atoms with Crippen LogP contribution in [-0.2, 0) is 0 Å². The van der Waals surface area contributed by atoms with Gasteiger partial charge in [0.2, 0.25) is 0 Å². The summed E-state index contributed by atoms with van der Waals surface area (Å²) in [4.78, 5) is 0. The molecule has 0 spiro atoms. The van der Waals surface area contributed by atoms with E-state index in [9.17, 15) is 10.2 Å². The monoisotopic (exact) mass is 362 g/mol. The van der Waals surface area contributed by atoms with Crippen molar-refractivity contribution in [3.8, 4) is 0 Å². The maximum Gasteiger partial charge on any atom is 0.0602 e. The van der Waals surface area contributed by atoms with Crippen LogP contribution in [-0.4, -0.2) is 22.4 Å². The molecular formula is C24H42O2. The minimum absolute atomic E-state index is 0.0749. The van der Waals surface area contributed by atoms with E-state index in [4.69, 9.17) is 0 Å². The summed E-state index contributed by atoms with van der Waals surface area (Å²) in [6.07, 6.45) is 11.9. The normalized spacial score (nSPS) is 54.9. The topological polar surface area (TPSA) is 40.5 Å². The van der Waals surface area contributed by atoms with Crippen molar-refractivity contribution in [2.24, 2.45) is 46.3 Å². The van der Waals surface area contributed by atoms with E-state index in [1.54, 1.807) is 0 Å². The van der Waals surface area contributed by atoms with Crippen LogP contribution in [0.25, 0.3) is 0 Å². The Morgan fingerprint density at radius 2 is 1.73 bits per heavy atom. The van der Waals surface area contributed by atoms with Crippen LogP contribution in [0.15, 0.2) is 0 Å². The first-order valence-corrected chi connectivity index (χ1v) is 11.7. The van der Waals surface area contributed by atoms with Gasteiger partial charge in [-0.25, -0.2) is 0 Å². The van der Waals surface area contributed by atoms with Crippen molar-refractivity contribution in [2.75, 3.05) is 0 Å². The summed E-state index contributed by atoms with van der Waals surface area (Å²) in [6, 6.07) is 0. The second-order valence-electron chi connectivity index (χ2n) is 11.2. The molecular weight excluding hydrogens is 320 g/mol. The summed E-state index contributed by atoms with van der Waals surface area (Å²) in [5.41, 5.74) is 0.505. The predicted octanol–water partition coefficient (Wildman–Crippen LogP) is 5.41. The molecule has 5 unspecified atom stereocenters. The summed E-state index contributed by atoms with van der Waals surface area (Å²) >= 11 is 0. The Morgan fingerprint density at radius 3 is 2.46 bits per heavy atom. The Morgan fingerprint density at radius 1 is 0.962 bits per heavy atom. The molecule has 0 heterocycles. The number of fused-ring (bicyclic) bond motifs is 5. The third kappa shape index (κ3) is 2.65. The molecule has 0 amide bonds. The van der Waals surface area contributed by atoms with E-state index < -0.39 is 0 Å². The quantitative estimate of drug-likeness (QED) is 0.704. The molecule has 10 atom stereocenters. The zero-order valence-electron chi connectivity index (χ0n) is 17.6. The van der Waals surface area contributed by atoms with Gasteiger partial charge >= 0.3 is 0 Å². The van der Waals surface area contributed by atoms with Crippen molar-refractivity contribution in [1.82, 2.24) is 0 Å². The Balaban J connectivity index is 1.61. The fourth-order valence-electron chi connectivity index (χ4n) is 8.82. The SMILES string of the molecule is CCCC(C)C1CC[C@H]2C3CCC4C[C@H](O)CCC4(C)[C@H]3C[C@H](O)[C@]12C. The second kappa shape index (κ2) is 6.76. The molecule has 4 aliphatic rings. The average molecular weight is 363 g/mol. The highest BCUT2D eigenvalue weighted by molar-refractivity contribution is 5.12. The molecule has 4 saturated carbocycles. The van der Waals surface area contributed by atoms with Crippen LogP contribution in [0, 0.1) is 46.3 Å². The second-order valence-corrected chi connectivity index (χ2v) is 11.2. The van der Waals surface area contributed by atoms with Gasteiger partial charge in [0, 0.05) is 0 Å². The molecule has 26 heavy (non-hydrogen) atoms. The smallest absolute Gasteiger partial charge is 0.0602 e. The van der Waals surface area contributed by atoms with Crippen LogP contribution in [0.1, 0.15) is 91.9 Å². The molecule has 4 fully saturated rings. The van der Waals surface area contributed by atoms with E-state index in [0.29, 0.717) is 23.2 Å². The number of hydrogen-bond acceptors (Lipinski definition) is 2. The van der Waals surface area contributed by atoms with E-state index in [0.717, 1.165) is 37.0 Å². The van der Waals surface area contributed by atoms with Crippen LogP contribution in [0.2, 0.25) is 0 Å². The van der Waals surface area contributed by atoms with Gasteiger partial charge in [-0.05, 0) is 97.7 Å². The van der Waals surface area contributed by atoms with Crippen molar-refractivity contribution in [2.45, 2.75) is 104 Å². The van der Waals surface area contributed by atoms with Gasteiger partial charge in [-0.3, -0.25) is 0 Å². The molecule has 2 N–H and O–H groups in total. The highest BCUT2D eigenvalue weighted by Gasteiger charge is 2.63. The van der Waals surface area contributed by atoms with Crippen molar-refractivity contribution >= 4 is 0 Å². The summed E-state index contributed by atoms with van der Waals surface area (Å²) in [5.74, 6) is 4.37. The molecule has 0 saturated heterocycles. The highest BCUT2D eigenvalue weighted by Crippen LogP contribution is 2.68. The highest BCUT2D eigenvalue weighted by atomic mass is 16.3. The third-order valence-electron chi connectivity index (χ3n) is 10.2. The zero-order chi connectivity index (χ0) is 18.7. The van der Waals surface area contributed by atoms with E-state index in [2.05, 4.69) is 27.7 Å². The Bertz CT molecular complexity index is 518. The van der Waals surface area contributed by atoms with Gasteiger partial charge in [-0.1, -0.05) is 40.5 Å². The lowest BCUT2D eigenvalue weighted by atomic mass is 9.43. The van der Waals surface area contributed by atoms with Crippen molar-refractivity contribution in [3.63, 3.8) is 0 Å². The van der Waals surface area contributed by atoms with Crippen LogP contribution in [0.3, 0.4) is 0 Å². The van der Waals surface area contributed by atoms with Gasteiger partial charge in [-0.2, -0.15) is 0 Å². The van der Waals surface area contributed by atoms with Gasteiger partial charge in [0.05, 0.1) is 12.2 Å². The van der Waals surface area contributed by atoms with E-state index >= 15 is 0 Å². The molecule has 0 aromatic rings. The van der Waals surface area contributed by atoms with Crippen molar-refractivity contribution in [3.05, 3.63) is 0 Å². The average Bonchev–Trinajstić information content (AvgIpc) is 2.96. The molecule has 4 rings (SSSR count). The van der Waals surface area contributed by atoms with Gasteiger partial charge in [0.1, 0.15) is 0 Å². The summed E-state index contributed by atoms with van der Waals surface area (Å²) in [7, 11) is 0. The molecule has 2 heteroatoms. The van der Waals surface area contributed by atoms with E-state index in [-0.39, 0.29) is 17.6 Å². The van der Waals surface area contributed by atoms with Crippen LogP contribution in [0.5, 0.6) is 0 Å². The third-order valence-corrected chi connectivity index (χ3v) is 10.2. The maximum absolute atomic E-state index is 11.5. The summed E-state index contributed by atoms with van der Waals surface area (Å²) in [5, 5.41) is 21.7. The van der Waals surface area contributed by atoms with Crippen LogP contribution in [0.4, 0.5) is 0 Å². The summed E-state index contributed by atoms with van der Waals surface area (Å²) in [6.45, 7) is 9.73. The lowest BCUT2D eigenvalue weighted by Gasteiger charge is -2.62. The Labute approximate surface area is 161 Å². The Hall–Kier alpha value is -0.0800. The minimum Gasteiger partial charge on any atom is -0.393 e. The standard InChI is InChI=1S/C24H42O2/c1-5-6-15(2)19-9-10-20-18-8-7-16-13-17(25)11-12-23(16,3)21(18)14-22(26)24(19,20)4/h15-22,25-26H,5-14H2,1-4H3/t15?,16?,17-,18?,19?,20+,21+,22+,23?,24-/m1/s1. The fourth-order valence-corrected chi connectivity index (χ4v) is 8.82. The molecule has 4 aliphatic carbocycles. The first kappa shape index (κ1) is 19.2. The lowest BCUT2D eigenvalue weighted by Crippen LogP contribution is -2.58. The maximum atomic E-state index is 11.5. The van der Waals surface area contributed by atoms with Crippen LogP contribution >= 0.6 is 0 Å². The molecule has 0 aliphatic heterocycles. The molecule has 0 aromatic heterocycles. The number of rotatable bonds is 3. The van der Waals surface area contributed by atoms with E-state index in [1.165, 1.54) is 44.9 Å². The molecule has 0 radical (unpaired) electrons. The van der Waals surface area contributed by atoms with Crippen LogP contribution < -0.4 is 0 Å². The fraction of sp³-hybridized carbons (Fsp3) is 1.00. The predicted molar refractivity (Wildman–Crippen MR) is 107 cm³/mol. The molecule has 0 aromatic carbocycles. The summed E-state index contributed by atoms with van der Waals surface area (Å²) < 4.78 is 0. The number of hydrogen-bond donors (Lipinski definition) is 2. The Kier molecular flexibility index (Phi) is 5.01. The van der Waals surface area contributed by atoms with Gasteiger partial charge < -0.3 is 10.2 Å². The lowest BCUT2D eigenvalue weighted by molar-refractivity contribution is -0.174. The van der Waals surface area contributed by atoms with E-state index in [1.807, 2.05) is 0 Å². The molecule has 150 valence electrons. The molecule has 2 nitrogen and oxygen atoms in total. The van der Waals surface area contributed by atoms with Gasteiger partial charge in [-0.15, -0.1) is 0 Å². The number of aliphatic hydroxyl groups excluding tert-OH is 2. The zero-order valence-corrected chi connectivity index (χ0v) is 17.6. The number of aliphatic hydroxyl groups is 2. The largest absolute Gasteiger partial charge is 0.393 e.